The van der Waals surface area contributed by atoms with E-state index in [2.05, 4.69) is 20.7 Å². The van der Waals surface area contributed by atoms with Gasteiger partial charge in [0.25, 0.3) is 0 Å². The molecule has 25 heavy (non-hydrogen) atoms. The number of carbonyl (C=O) groups is 2. The second-order valence-electron chi connectivity index (χ2n) is 5.81. The number of methoxy groups -OCH3 is 1. The number of fused-ring (bicyclic) bond motifs is 1. The second-order valence-corrected chi connectivity index (χ2v) is 5.81. The number of aromatic amines is 1. The number of amides is 2. The highest BCUT2D eigenvalue weighted by atomic mass is 16.5. The van der Waals surface area contributed by atoms with Crippen LogP contribution in [-0.2, 0) is 4.74 Å². The van der Waals surface area contributed by atoms with Crippen molar-refractivity contribution in [1.29, 1.82) is 0 Å². The third-order valence-electron chi connectivity index (χ3n) is 3.71. The molecule has 0 spiro atoms. The van der Waals surface area contributed by atoms with Crippen LogP contribution >= 0.6 is 0 Å². The van der Waals surface area contributed by atoms with Crippen LogP contribution in [0, 0.1) is 0 Å². The van der Waals surface area contributed by atoms with Gasteiger partial charge in [0.2, 0.25) is 0 Å². The Hall–Kier alpha value is -3.29. The van der Waals surface area contributed by atoms with Gasteiger partial charge in [-0.1, -0.05) is 0 Å². The highest BCUT2D eigenvalue weighted by Gasteiger charge is 2.14. The van der Waals surface area contributed by atoms with Gasteiger partial charge in [0.1, 0.15) is 0 Å². The van der Waals surface area contributed by atoms with Crippen molar-refractivity contribution in [1.82, 2.24) is 14.8 Å². The predicted octanol–water partition coefficient (Wildman–Crippen LogP) is 3.38. The van der Waals surface area contributed by atoms with E-state index in [1.165, 1.54) is 7.11 Å². The summed E-state index contributed by atoms with van der Waals surface area (Å²) < 4.78 is 6.55. The lowest BCUT2D eigenvalue weighted by Gasteiger charge is -2.09. The van der Waals surface area contributed by atoms with Crippen molar-refractivity contribution in [3.63, 3.8) is 0 Å². The highest BCUT2D eigenvalue weighted by Crippen LogP contribution is 2.24. The topological polar surface area (TPSA) is 101 Å². The van der Waals surface area contributed by atoms with Crippen LogP contribution in [0.15, 0.2) is 36.7 Å². The molecular weight excluding hydrogens is 322 g/mol. The van der Waals surface area contributed by atoms with Crippen molar-refractivity contribution in [2.45, 2.75) is 19.9 Å². The van der Waals surface area contributed by atoms with Crippen LogP contribution in [0.3, 0.4) is 0 Å². The summed E-state index contributed by atoms with van der Waals surface area (Å²) in [5.41, 5.74) is 1.57. The molecule has 0 atom stereocenters. The molecule has 8 heteroatoms. The number of urea groups is 1. The van der Waals surface area contributed by atoms with E-state index in [0.717, 1.165) is 10.9 Å². The maximum Gasteiger partial charge on any atom is 0.338 e. The largest absolute Gasteiger partial charge is 0.465 e. The number of hydrogen-bond acceptors (Lipinski definition) is 4. The molecule has 0 bridgehead atoms. The van der Waals surface area contributed by atoms with Crippen molar-refractivity contribution < 1.29 is 14.3 Å². The lowest BCUT2D eigenvalue weighted by molar-refractivity contribution is 0.0603. The average molecular weight is 341 g/mol. The molecule has 0 radical (unpaired) electrons. The Balaban J connectivity index is 1.79. The number of nitrogens with one attached hydrogen (secondary N) is 3. The molecule has 0 fully saturated rings. The van der Waals surface area contributed by atoms with Crippen LogP contribution in [0.1, 0.15) is 30.2 Å². The van der Waals surface area contributed by atoms with E-state index in [4.69, 9.17) is 4.74 Å². The third-order valence-corrected chi connectivity index (χ3v) is 3.71. The Morgan fingerprint density at radius 2 is 2.04 bits per heavy atom. The lowest BCUT2D eigenvalue weighted by atomic mass is 10.1. The summed E-state index contributed by atoms with van der Waals surface area (Å²) in [6.07, 6.45) is 3.51. The first-order valence-electron chi connectivity index (χ1n) is 7.80. The highest BCUT2D eigenvalue weighted by molar-refractivity contribution is 6.07. The Morgan fingerprint density at radius 1 is 1.24 bits per heavy atom. The second kappa shape index (κ2) is 6.68. The Kier molecular flexibility index (Phi) is 4.42. The summed E-state index contributed by atoms with van der Waals surface area (Å²) in [6, 6.07) is 6.58. The molecular formula is C17H19N5O3. The fraction of sp³-hybridized carbons (Fsp3) is 0.235. The van der Waals surface area contributed by atoms with E-state index in [0.29, 0.717) is 17.1 Å². The minimum Gasteiger partial charge on any atom is -0.465 e. The first kappa shape index (κ1) is 16.6. The molecule has 3 aromatic rings. The van der Waals surface area contributed by atoms with Gasteiger partial charge in [-0.3, -0.25) is 10.00 Å². The molecule has 2 amide bonds. The number of nitrogens with zero attached hydrogens (tertiary/aromatic N) is 2. The van der Waals surface area contributed by atoms with Gasteiger partial charge in [-0.05, 0) is 32.0 Å². The van der Waals surface area contributed by atoms with Crippen molar-refractivity contribution in [2.24, 2.45) is 0 Å². The van der Waals surface area contributed by atoms with E-state index >= 15 is 0 Å². The Morgan fingerprint density at radius 3 is 2.72 bits per heavy atom. The molecule has 0 saturated heterocycles. The SMILES string of the molecule is COC(=O)c1cc(NC(=O)Nc2ccn(C(C)C)n2)cc2[nH]ccc12. The summed E-state index contributed by atoms with van der Waals surface area (Å²) in [4.78, 5) is 27.2. The van der Waals surface area contributed by atoms with Gasteiger partial charge in [-0.2, -0.15) is 5.10 Å². The monoisotopic (exact) mass is 341 g/mol. The van der Waals surface area contributed by atoms with Crippen molar-refractivity contribution in [2.75, 3.05) is 17.7 Å². The predicted molar refractivity (Wildman–Crippen MR) is 94.9 cm³/mol. The number of anilines is 2. The molecule has 8 nitrogen and oxygen atoms in total. The molecule has 2 heterocycles. The van der Waals surface area contributed by atoms with Crippen molar-refractivity contribution >= 4 is 34.4 Å². The standard InChI is InChI=1S/C17H19N5O3/c1-10(2)22-7-5-15(21-22)20-17(24)19-11-8-13(16(23)25-3)12-4-6-18-14(12)9-11/h4-10,18H,1-3H3,(H2,19,20,21,24). The van der Waals surface area contributed by atoms with Gasteiger partial charge in [-0.25, -0.2) is 9.59 Å². The number of hydrogen-bond donors (Lipinski definition) is 3. The van der Waals surface area contributed by atoms with Crippen molar-refractivity contribution in [3.8, 4) is 0 Å². The van der Waals surface area contributed by atoms with Crippen LogP contribution < -0.4 is 10.6 Å². The summed E-state index contributed by atoms with van der Waals surface area (Å²) >= 11 is 0. The number of rotatable bonds is 4. The summed E-state index contributed by atoms with van der Waals surface area (Å²) in [5, 5.41) is 10.4. The normalized spacial score (nSPS) is 10.9. The number of benzene rings is 1. The minimum atomic E-state index is -0.468. The first-order valence-corrected chi connectivity index (χ1v) is 7.80. The van der Waals surface area contributed by atoms with E-state index in [9.17, 15) is 9.59 Å². The van der Waals surface area contributed by atoms with Crippen LogP contribution in [0.2, 0.25) is 0 Å². The lowest BCUT2D eigenvalue weighted by Crippen LogP contribution is -2.20. The molecule has 0 aliphatic rings. The average Bonchev–Trinajstić information content (AvgIpc) is 3.22. The molecule has 0 unspecified atom stereocenters. The number of esters is 1. The van der Waals surface area contributed by atoms with Crippen molar-refractivity contribution in [3.05, 3.63) is 42.2 Å². The minimum absolute atomic E-state index is 0.205. The van der Waals surface area contributed by atoms with Crippen LogP contribution in [0.5, 0.6) is 0 Å². The Labute approximate surface area is 144 Å². The van der Waals surface area contributed by atoms with E-state index < -0.39 is 12.0 Å². The van der Waals surface area contributed by atoms with E-state index in [1.54, 1.807) is 41.3 Å². The molecule has 1 aromatic carbocycles. The summed E-state index contributed by atoms with van der Waals surface area (Å²) in [5.74, 6) is -0.0234. The van der Waals surface area contributed by atoms with Gasteiger partial charge in [-0.15, -0.1) is 0 Å². The number of aromatic nitrogens is 3. The van der Waals surface area contributed by atoms with Gasteiger partial charge in [0.15, 0.2) is 5.82 Å². The molecule has 0 aliphatic carbocycles. The van der Waals surface area contributed by atoms with E-state index in [1.807, 2.05) is 13.8 Å². The number of H-pyrrole nitrogens is 1. The van der Waals surface area contributed by atoms with Gasteiger partial charge in [0.05, 0.1) is 12.7 Å². The van der Waals surface area contributed by atoms with Gasteiger partial charge < -0.3 is 15.0 Å². The molecule has 130 valence electrons. The molecule has 2 aromatic heterocycles. The quantitative estimate of drug-likeness (QED) is 0.633. The van der Waals surface area contributed by atoms with Crippen LogP contribution in [0.4, 0.5) is 16.3 Å². The number of ether oxygens (including phenoxy) is 1. The summed E-state index contributed by atoms with van der Waals surface area (Å²) in [7, 11) is 1.32. The molecule has 3 N–H and O–H groups in total. The zero-order valence-electron chi connectivity index (χ0n) is 14.2. The third kappa shape index (κ3) is 3.47. The molecule has 0 saturated carbocycles. The zero-order chi connectivity index (χ0) is 18.0. The first-order chi connectivity index (χ1) is 12.0. The Bertz CT molecular complexity index is 925. The molecule has 3 rings (SSSR count). The van der Waals surface area contributed by atoms with Crippen LogP contribution in [0.25, 0.3) is 10.9 Å². The number of carbonyl (C=O) groups excluding carboxylic acids is 2. The van der Waals surface area contributed by atoms with Gasteiger partial charge >= 0.3 is 12.0 Å². The summed E-state index contributed by atoms with van der Waals surface area (Å²) in [6.45, 7) is 3.99. The zero-order valence-corrected chi connectivity index (χ0v) is 14.2. The van der Waals surface area contributed by atoms with E-state index in [-0.39, 0.29) is 6.04 Å². The van der Waals surface area contributed by atoms with Crippen LogP contribution in [-0.4, -0.2) is 33.9 Å². The van der Waals surface area contributed by atoms with Gasteiger partial charge in [0, 0.05) is 41.1 Å². The molecule has 0 aliphatic heterocycles. The maximum atomic E-state index is 12.2. The fourth-order valence-corrected chi connectivity index (χ4v) is 2.49. The fourth-order valence-electron chi connectivity index (χ4n) is 2.49. The maximum absolute atomic E-state index is 12.2. The smallest absolute Gasteiger partial charge is 0.338 e.